The fourth-order valence-electron chi connectivity index (χ4n) is 0.895. The first kappa shape index (κ1) is 14.6. The standard InChI is InChI=1S/C9H20BrO3P/c1-9(2)14(11,12)13-8-6-4-3-5-7-10/h9H,3-8H2,1-2H3,(H,11,12). The molecule has 0 rings (SSSR count). The highest BCUT2D eigenvalue weighted by Crippen LogP contribution is 2.46. The Morgan fingerprint density at radius 1 is 1.29 bits per heavy atom. The highest BCUT2D eigenvalue weighted by Gasteiger charge is 2.23. The molecule has 14 heavy (non-hydrogen) atoms. The van der Waals surface area contributed by atoms with Crippen molar-refractivity contribution in [3.8, 4) is 0 Å². The third-order valence-corrected chi connectivity index (χ3v) is 4.38. The number of alkyl halides is 1. The van der Waals surface area contributed by atoms with Crippen molar-refractivity contribution in [2.24, 2.45) is 0 Å². The molecular formula is C9H20BrO3P. The predicted octanol–water partition coefficient (Wildman–Crippen LogP) is 3.55. The van der Waals surface area contributed by atoms with E-state index in [4.69, 9.17) is 4.52 Å². The quantitative estimate of drug-likeness (QED) is 0.422. The highest BCUT2D eigenvalue weighted by molar-refractivity contribution is 9.09. The van der Waals surface area contributed by atoms with Crippen LogP contribution in [0.1, 0.15) is 39.5 Å². The van der Waals surface area contributed by atoms with E-state index in [2.05, 4.69) is 15.9 Å². The van der Waals surface area contributed by atoms with Crippen LogP contribution in [-0.2, 0) is 9.09 Å². The van der Waals surface area contributed by atoms with Gasteiger partial charge in [0.15, 0.2) is 0 Å². The van der Waals surface area contributed by atoms with Gasteiger partial charge >= 0.3 is 7.60 Å². The van der Waals surface area contributed by atoms with E-state index >= 15 is 0 Å². The summed E-state index contributed by atoms with van der Waals surface area (Å²) in [6.07, 6.45) is 4.22. The van der Waals surface area contributed by atoms with E-state index in [1.165, 1.54) is 0 Å². The number of halogens is 1. The first-order valence-corrected chi connectivity index (χ1v) is 7.80. The Morgan fingerprint density at radius 2 is 1.86 bits per heavy atom. The predicted molar refractivity (Wildman–Crippen MR) is 63.2 cm³/mol. The smallest absolute Gasteiger partial charge is 0.324 e. The van der Waals surface area contributed by atoms with Gasteiger partial charge in [0.1, 0.15) is 0 Å². The zero-order valence-electron chi connectivity index (χ0n) is 8.91. The molecule has 0 fully saturated rings. The number of hydrogen-bond donors (Lipinski definition) is 1. The molecule has 0 bridgehead atoms. The minimum atomic E-state index is -3.33. The molecule has 0 heterocycles. The Kier molecular flexibility index (Phi) is 8.22. The summed E-state index contributed by atoms with van der Waals surface area (Å²) in [5.41, 5.74) is -0.301. The summed E-state index contributed by atoms with van der Waals surface area (Å²) in [5.74, 6) is 0. The molecule has 0 aromatic carbocycles. The average molecular weight is 287 g/mol. The van der Waals surface area contributed by atoms with Crippen LogP contribution in [-0.4, -0.2) is 22.5 Å². The maximum atomic E-state index is 11.3. The molecule has 86 valence electrons. The molecule has 0 aliphatic rings. The summed E-state index contributed by atoms with van der Waals surface area (Å²) in [6.45, 7) is 3.80. The molecule has 5 heteroatoms. The van der Waals surface area contributed by atoms with Crippen LogP contribution >= 0.6 is 23.5 Å². The minimum Gasteiger partial charge on any atom is -0.324 e. The van der Waals surface area contributed by atoms with E-state index < -0.39 is 7.60 Å². The summed E-state index contributed by atoms with van der Waals surface area (Å²) in [5, 5.41) is 1.03. The fourth-order valence-corrected chi connectivity index (χ4v) is 1.98. The zero-order valence-corrected chi connectivity index (χ0v) is 11.4. The lowest BCUT2D eigenvalue weighted by atomic mass is 10.2. The van der Waals surface area contributed by atoms with Gasteiger partial charge in [-0.2, -0.15) is 0 Å². The molecule has 0 aromatic heterocycles. The molecule has 0 spiro atoms. The van der Waals surface area contributed by atoms with Crippen LogP contribution in [0.4, 0.5) is 0 Å². The first-order chi connectivity index (χ1) is 6.50. The molecule has 0 saturated heterocycles. The van der Waals surface area contributed by atoms with Crippen molar-refractivity contribution in [1.82, 2.24) is 0 Å². The van der Waals surface area contributed by atoms with Crippen molar-refractivity contribution < 1.29 is 14.0 Å². The van der Waals surface area contributed by atoms with E-state index in [9.17, 15) is 9.46 Å². The lowest BCUT2D eigenvalue weighted by molar-refractivity contribution is 0.247. The van der Waals surface area contributed by atoms with Crippen LogP contribution in [0.2, 0.25) is 0 Å². The summed E-state index contributed by atoms with van der Waals surface area (Å²) >= 11 is 3.35. The number of hydrogen-bond acceptors (Lipinski definition) is 2. The van der Waals surface area contributed by atoms with Crippen molar-refractivity contribution in [1.29, 1.82) is 0 Å². The van der Waals surface area contributed by atoms with Crippen molar-refractivity contribution in [2.75, 3.05) is 11.9 Å². The molecule has 0 aliphatic heterocycles. The molecule has 3 nitrogen and oxygen atoms in total. The Labute approximate surface area is 94.9 Å². The van der Waals surface area contributed by atoms with Gasteiger partial charge in [-0.1, -0.05) is 42.6 Å². The zero-order chi connectivity index (χ0) is 11.0. The average Bonchev–Trinajstić information content (AvgIpc) is 2.10. The van der Waals surface area contributed by atoms with Gasteiger partial charge in [-0.3, -0.25) is 4.57 Å². The Balaban J connectivity index is 3.40. The maximum absolute atomic E-state index is 11.3. The molecule has 0 radical (unpaired) electrons. The van der Waals surface area contributed by atoms with Crippen LogP contribution in [0, 0.1) is 0 Å². The van der Waals surface area contributed by atoms with E-state index in [1.54, 1.807) is 13.8 Å². The lowest BCUT2D eigenvalue weighted by Crippen LogP contribution is -2.02. The van der Waals surface area contributed by atoms with Crippen LogP contribution in [0.3, 0.4) is 0 Å². The van der Waals surface area contributed by atoms with Crippen molar-refractivity contribution in [2.45, 2.75) is 45.2 Å². The van der Waals surface area contributed by atoms with Gasteiger partial charge in [0.2, 0.25) is 0 Å². The fraction of sp³-hybridized carbons (Fsp3) is 1.00. The van der Waals surface area contributed by atoms with E-state index in [-0.39, 0.29) is 5.66 Å². The highest BCUT2D eigenvalue weighted by atomic mass is 79.9. The second-order valence-corrected chi connectivity index (χ2v) is 6.81. The summed E-state index contributed by atoms with van der Waals surface area (Å²) in [7, 11) is -3.33. The Bertz CT molecular complexity index is 185. The van der Waals surface area contributed by atoms with Crippen LogP contribution in [0.5, 0.6) is 0 Å². The summed E-state index contributed by atoms with van der Waals surface area (Å²) in [6, 6.07) is 0. The van der Waals surface area contributed by atoms with Crippen molar-refractivity contribution in [3.05, 3.63) is 0 Å². The lowest BCUT2D eigenvalue weighted by Gasteiger charge is -2.14. The van der Waals surface area contributed by atoms with Crippen molar-refractivity contribution >= 4 is 23.5 Å². The van der Waals surface area contributed by atoms with Gasteiger partial charge in [0.05, 0.1) is 12.3 Å². The SMILES string of the molecule is CC(C)P(=O)(O)OCCCCCCBr. The molecular weight excluding hydrogens is 267 g/mol. The van der Waals surface area contributed by atoms with Crippen LogP contribution in [0.15, 0.2) is 0 Å². The third kappa shape index (κ3) is 6.99. The monoisotopic (exact) mass is 286 g/mol. The molecule has 0 aliphatic carbocycles. The van der Waals surface area contributed by atoms with Gasteiger partial charge in [-0.15, -0.1) is 0 Å². The van der Waals surface area contributed by atoms with Gasteiger partial charge in [-0.05, 0) is 12.8 Å². The number of unbranched alkanes of at least 4 members (excludes halogenated alkanes) is 3. The Hall–Kier alpha value is 0.630. The second-order valence-electron chi connectivity index (χ2n) is 3.59. The molecule has 1 unspecified atom stereocenters. The second kappa shape index (κ2) is 7.86. The molecule has 0 aromatic rings. The maximum Gasteiger partial charge on any atom is 0.330 e. The largest absolute Gasteiger partial charge is 0.330 e. The van der Waals surface area contributed by atoms with Gasteiger partial charge in [0.25, 0.3) is 0 Å². The van der Waals surface area contributed by atoms with Gasteiger partial charge in [0, 0.05) is 5.33 Å². The van der Waals surface area contributed by atoms with Crippen molar-refractivity contribution in [3.63, 3.8) is 0 Å². The van der Waals surface area contributed by atoms with E-state index in [0.717, 1.165) is 31.0 Å². The van der Waals surface area contributed by atoms with Gasteiger partial charge < -0.3 is 9.42 Å². The normalized spacial score (nSPS) is 15.8. The molecule has 1 N–H and O–H groups in total. The number of rotatable bonds is 8. The van der Waals surface area contributed by atoms with E-state index in [0.29, 0.717) is 6.61 Å². The molecule has 0 amide bonds. The molecule has 1 atom stereocenters. The van der Waals surface area contributed by atoms with Crippen LogP contribution < -0.4 is 0 Å². The van der Waals surface area contributed by atoms with Crippen LogP contribution in [0.25, 0.3) is 0 Å². The topological polar surface area (TPSA) is 46.5 Å². The summed E-state index contributed by atoms with van der Waals surface area (Å²) < 4.78 is 16.3. The van der Waals surface area contributed by atoms with E-state index in [1.807, 2.05) is 0 Å². The molecule has 0 saturated carbocycles. The third-order valence-electron chi connectivity index (χ3n) is 1.96. The Morgan fingerprint density at radius 3 is 2.36 bits per heavy atom. The minimum absolute atomic E-state index is 0.301. The summed E-state index contributed by atoms with van der Waals surface area (Å²) in [4.78, 5) is 9.32. The van der Waals surface area contributed by atoms with Gasteiger partial charge in [-0.25, -0.2) is 0 Å². The first-order valence-electron chi connectivity index (χ1n) is 5.03.